The largest absolute Gasteiger partial charge is 0.369 e. The van der Waals surface area contributed by atoms with Gasteiger partial charge in [-0.15, -0.1) is 0 Å². The quantitative estimate of drug-likeness (QED) is 0.757. The van der Waals surface area contributed by atoms with Crippen molar-refractivity contribution in [2.45, 2.75) is 20.8 Å². The molecule has 10 nitrogen and oxygen atoms in total. The summed E-state index contributed by atoms with van der Waals surface area (Å²) in [6.45, 7) is 4.98. The Balaban J connectivity index is 2.25. The van der Waals surface area contributed by atoms with Gasteiger partial charge in [-0.2, -0.15) is 0 Å². The van der Waals surface area contributed by atoms with Gasteiger partial charge in [-0.25, -0.2) is 9.79 Å². The smallest absolute Gasteiger partial charge is 0.332 e. The number of anilines is 2. The first-order chi connectivity index (χ1) is 11.8. The van der Waals surface area contributed by atoms with Crippen molar-refractivity contribution in [2.24, 2.45) is 19.1 Å². The number of amides is 1. The van der Waals surface area contributed by atoms with Crippen LogP contribution >= 0.6 is 0 Å². The van der Waals surface area contributed by atoms with Crippen molar-refractivity contribution in [3.63, 3.8) is 0 Å². The Morgan fingerprint density at radius 1 is 1.28 bits per heavy atom. The molecule has 0 aliphatic heterocycles. The zero-order valence-corrected chi connectivity index (χ0v) is 14.7. The summed E-state index contributed by atoms with van der Waals surface area (Å²) in [7, 11) is 2.85. The molecule has 0 aliphatic rings. The van der Waals surface area contributed by atoms with Crippen molar-refractivity contribution in [2.75, 3.05) is 17.2 Å². The number of hydrogen-bond donors (Lipinski definition) is 2. The van der Waals surface area contributed by atoms with Crippen LogP contribution in [0.2, 0.25) is 0 Å². The van der Waals surface area contributed by atoms with Gasteiger partial charge in [0, 0.05) is 25.9 Å². The lowest BCUT2D eigenvalue weighted by molar-refractivity contribution is -0.114. The fourth-order valence-electron chi connectivity index (χ4n) is 2.13. The molecule has 0 saturated carbocycles. The second-order valence-electron chi connectivity index (χ2n) is 5.42. The molecule has 0 saturated heterocycles. The fourth-order valence-corrected chi connectivity index (χ4v) is 2.13. The standard InChI is InChI=1S/C15H20N6O4/c1-6-16-12-11(14(23)21(5)15(24)20(12)4)17-7-10(22)18-13-8(2)9(3)19-25-13/h6,17H,7H2,1-5H3,(H,18,22). The van der Waals surface area contributed by atoms with Crippen molar-refractivity contribution in [1.29, 1.82) is 0 Å². The SMILES string of the molecule is CC=Nc1c(NCC(=O)Nc2onc(C)c2C)c(=O)n(C)c(=O)n1C. The Morgan fingerprint density at radius 3 is 2.52 bits per heavy atom. The summed E-state index contributed by atoms with van der Waals surface area (Å²) in [6.07, 6.45) is 1.46. The number of nitrogens with one attached hydrogen (secondary N) is 2. The van der Waals surface area contributed by atoms with E-state index in [1.165, 1.54) is 24.9 Å². The van der Waals surface area contributed by atoms with Crippen LogP contribution in [0.15, 0.2) is 19.1 Å². The first-order valence-corrected chi connectivity index (χ1v) is 7.53. The highest BCUT2D eigenvalue weighted by molar-refractivity contribution is 5.93. The van der Waals surface area contributed by atoms with E-state index in [-0.39, 0.29) is 23.9 Å². The van der Waals surface area contributed by atoms with Crippen LogP contribution in [0.1, 0.15) is 18.2 Å². The topological polar surface area (TPSA) is 124 Å². The van der Waals surface area contributed by atoms with E-state index in [4.69, 9.17) is 4.52 Å². The van der Waals surface area contributed by atoms with Gasteiger partial charge in [0.05, 0.1) is 12.2 Å². The van der Waals surface area contributed by atoms with E-state index in [1.807, 2.05) is 0 Å². The van der Waals surface area contributed by atoms with Crippen LogP contribution in [0, 0.1) is 13.8 Å². The Labute approximate surface area is 143 Å². The predicted molar refractivity (Wildman–Crippen MR) is 93.8 cm³/mol. The molecule has 2 heterocycles. The van der Waals surface area contributed by atoms with E-state index in [0.717, 1.165) is 10.1 Å². The zero-order valence-electron chi connectivity index (χ0n) is 14.7. The number of aliphatic imine (C=N–C) groups is 1. The van der Waals surface area contributed by atoms with E-state index in [0.29, 0.717) is 5.69 Å². The molecule has 0 aromatic carbocycles. The summed E-state index contributed by atoms with van der Waals surface area (Å²) >= 11 is 0. The molecule has 10 heteroatoms. The first-order valence-electron chi connectivity index (χ1n) is 7.53. The molecule has 2 N–H and O–H groups in total. The lowest BCUT2D eigenvalue weighted by Crippen LogP contribution is -2.39. The summed E-state index contributed by atoms with van der Waals surface area (Å²) in [5.41, 5.74) is 0.386. The van der Waals surface area contributed by atoms with Crippen LogP contribution in [0.3, 0.4) is 0 Å². The number of carbonyl (C=O) groups excluding carboxylic acids is 1. The van der Waals surface area contributed by atoms with Crippen molar-refractivity contribution < 1.29 is 9.32 Å². The van der Waals surface area contributed by atoms with Crippen molar-refractivity contribution >= 4 is 29.5 Å². The van der Waals surface area contributed by atoms with Gasteiger partial charge >= 0.3 is 5.69 Å². The van der Waals surface area contributed by atoms with Crippen LogP contribution in [0.25, 0.3) is 0 Å². The average molecular weight is 348 g/mol. The van der Waals surface area contributed by atoms with Gasteiger partial charge in [-0.05, 0) is 20.8 Å². The molecule has 134 valence electrons. The first kappa shape index (κ1) is 18.2. The van der Waals surface area contributed by atoms with Crippen molar-refractivity contribution in [3.8, 4) is 0 Å². The molecule has 0 fully saturated rings. The van der Waals surface area contributed by atoms with Crippen LogP contribution in [-0.4, -0.2) is 33.0 Å². The maximum Gasteiger partial charge on any atom is 0.332 e. The number of aryl methyl sites for hydroxylation is 1. The summed E-state index contributed by atoms with van der Waals surface area (Å²) in [5.74, 6) is -0.0267. The third-order valence-electron chi connectivity index (χ3n) is 3.72. The molecular weight excluding hydrogens is 328 g/mol. The van der Waals surface area contributed by atoms with Crippen molar-refractivity contribution in [1.82, 2.24) is 14.3 Å². The monoisotopic (exact) mass is 348 g/mol. The van der Waals surface area contributed by atoms with E-state index < -0.39 is 17.2 Å². The van der Waals surface area contributed by atoms with Gasteiger partial charge in [0.25, 0.3) is 5.56 Å². The number of hydrogen-bond acceptors (Lipinski definition) is 7. The molecule has 2 rings (SSSR count). The highest BCUT2D eigenvalue weighted by Crippen LogP contribution is 2.19. The van der Waals surface area contributed by atoms with Crippen molar-refractivity contribution in [3.05, 3.63) is 32.1 Å². The van der Waals surface area contributed by atoms with Crippen LogP contribution in [0.4, 0.5) is 17.4 Å². The molecule has 0 unspecified atom stereocenters. The molecule has 2 aromatic rings. The zero-order chi connectivity index (χ0) is 18.7. The summed E-state index contributed by atoms with van der Waals surface area (Å²) in [5, 5.41) is 9.06. The molecule has 0 bridgehead atoms. The molecule has 0 spiro atoms. The predicted octanol–water partition coefficient (Wildman–Crippen LogP) is 0.462. The second kappa shape index (κ2) is 7.16. The fraction of sp³-hybridized carbons (Fsp3) is 0.400. The molecule has 0 aliphatic carbocycles. The summed E-state index contributed by atoms with van der Waals surface area (Å²) < 4.78 is 7.18. The summed E-state index contributed by atoms with van der Waals surface area (Å²) in [6, 6.07) is 0. The van der Waals surface area contributed by atoms with Gasteiger partial charge in [0.15, 0.2) is 5.82 Å². The highest BCUT2D eigenvalue weighted by atomic mass is 16.5. The van der Waals surface area contributed by atoms with E-state index in [2.05, 4.69) is 20.8 Å². The number of carbonyl (C=O) groups is 1. The van der Waals surface area contributed by atoms with Gasteiger partial charge < -0.3 is 9.84 Å². The average Bonchev–Trinajstić information content (AvgIpc) is 2.89. The van der Waals surface area contributed by atoms with Gasteiger partial charge in [-0.1, -0.05) is 5.16 Å². The Morgan fingerprint density at radius 2 is 1.96 bits per heavy atom. The van der Waals surface area contributed by atoms with E-state index in [9.17, 15) is 14.4 Å². The van der Waals surface area contributed by atoms with Crippen LogP contribution in [0.5, 0.6) is 0 Å². The minimum Gasteiger partial charge on any atom is -0.369 e. The Kier molecular flexibility index (Phi) is 5.20. The molecule has 0 radical (unpaired) electrons. The lowest BCUT2D eigenvalue weighted by atomic mass is 10.3. The molecule has 0 atom stereocenters. The number of aromatic nitrogens is 3. The lowest BCUT2D eigenvalue weighted by Gasteiger charge is -2.13. The van der Waals surface area contributed by atoms with E-state index in [1.54, 1.807) is 20.8 Å². The van der Waals surface area contributed by atoms with Crippen LogP contribution < -0.4 is 21.9 Å². The van der Waals surface area contributed by atoms with Gasteiger partial charge in [0.2, 0.25) is 11.8 Å². The Hall–Kier alpha value is -3.17. The minimum absolute atomic E-state index is 0.0586. The minimum atomic E-state index is -0.566. The van der Waals surface area contributed by atoms with Crippen LogP contribution in [-0.2, 0) is 18.9 Å². The molecule has 25 heavy (non-hydrogen) atoms. The second-order valence-corrected chi connectivity index (χ2v) is 5.42. The maximum absolute atomic E-state index is 12.3. The van der Waals surface area contributed by atoms with E-state index >= 15 is 0 Å². The third kappa shape index (κ3) is 3.52. The normalized spacial score (nSPS) is 11.1. The number of nitrogens with zero attached hydrogens (tertiary/aromatic N) is 4. The highest BCUT2D eigenvalue weighted by Gasteiger charge is 2.17. The molecular formula is C15H20N6O4. The van der Waals surface area contributed by atoms with Gasteiger partial charge in [-0.3, -0.25) is 24.0 Å². The Bertz CT molecular complexity index is 950. The summed E-state index contributed by atoms with van der Waals surface area (Å²) in [4.78, 5) is 40.4. The number of rotatable bonds is 5. The van der Waals surface area contributed by atoms with Gasteiger partial charge in [0.1, 0.15) is 5.69 Å². The molecule has 1 amide bonds. The third-order valence-corrected chi connectivity index (χ3v) is 3.72. The maximum atomic E-state index is 12.3. The molecule has 2 aromatic heterocycles.